The summed E-state index contributed by atoms with van der Waals surface area (Å²) < 4.78 is 6.16. The Kier molecular flexibility index (Phi) is 7.35. The third kappa shape index (κ3) is 5.09. The van der Waals surface area contributed by atoms with E-state index in [1.165, 1.54) is 11.8 Å². The molecule has 1 aliphatic rings. The number of aliphatic hydroxyl groups is 1. The summed E-state index contributed by atoms with van der Waals surface area (Å²) in [5, 5.41) is 17.0. The molecule has 2 aromatic carbocycles. The van der Waals surface area contributed by atoms with Gasteiger partial charge in [0.05, 0.1) is 18.3 Å². The topological polar surface area (TPSA) is 92.3 Å². The van der Waals surface area contributed by atoms with Crippen LogP contribution in [0.3, 0.4) is 0 Å². The van der Waals surface area contributed by atoms with E-state index in [0.717, 1.165) is 38.1 Å². The number of cyclic esters (lactones) is 1. The lowest BCUT2D eigenvalue weighted by Gasteiger charge is -2.42. The summed E-state index contributed by atoms with van der Waals surface area (Å²) in [6, 6.07) is 10.00. The number of carbonyl (C=O) groups excluding carboxylic acids is 2. The van der Waals surface area contributed by atoms with Crippen molar-refractivity contribution in [2.75, 3.05) is 0 Å². The molecular weight excluding hydrogens is 472 g/mol. The first-order valence-electron chi connectivity index (χ1n) is 12.5. The highest BCUT2D eigenvalue weighted by Crippen LogP contribution is 2.43. The van der Waals surface area contributed by atoms with Crippen LogP contribution in [0.5, 0.6) is 0 Å². The number of aromatic amines is 1. The van der Waals surface area contributed by atoms with E-state index in [-0.39, 0.29) is 30.1 Å². The first kappa shape index (κ1) is 26.4. The van der Waals surface area contributed by atoms with Gasteiger partial charge in [0.2, 0.25) is 0 Å². The maximum atomic E-state index is 13.5. The van der Waals surface area contributed by atoms with Gasteiger partial charge in [0.15, 0.2) is 11.0 Å². The number of aryl methyl sites for hydroxylation is 2. The largest absolute Gasteiger partial charge is 0.457 e. The molecule has 4 rings (SSSR count). The highest BCUT2D eigenvalue weighted by atomic mass is 32.2. The number of aliphatic hydroxyl groups excluding tert-OH is 1. The van der Waals surface area contributed by atoms with E-state index >= 15 is 0 Å². The van der Waals surface area contributed by atoms with Crippen molar-refractivity contribution in [3.63, 3.8) is 0 Å². The van der Waals surface area contributed by atoms with Crippen molar-refractivity contribution in [2.45, 2.75) is 88.6 Å². The molecule has 0 bridgehead atoms. The molecule has 6 nitrogen and oxygen atoms in total. The van der Waals surface area contributed by atoms with Crippen molar-refractivity contribution in [3.05, 3.63) is 58.8 Å². The van der Waals surface area contributed by atoms with E-state index in [0.29, 0.717) is 12.8 Å². The van der Waals surface area contributed by atoms with Gasteiger partial charge in [-0.3, -0.25) is 14.7 Å². The number of nitrogens with one attached hydrogen (secondary N) is 1. The van der Waals surface area contributed by atoms with E-state index in [2.05, 4.69) is 37.0 Å². The zero-order chi connectivity index (χ0) is 26.3. The molecule has 2 unspecified atom stereocenters. The Labute approximate surface area is 217 Å². The summed E-state index contributed by atoms with van der Waals surface area (Å²) in [4.78, 5) is 27.8. The predicted octanol–water partition coefficient (Wildman–Crippen LogP) is 5.67. The van der Waals surface area contributed by atoms with Crippen molar-refractivity contribution >= 4 is 34.4 Å². The van der Waals surface area contributed by atoms with Crippen molar-refractivity contribution in [3.8, 4) is 0 Å². The van der Waals surface area contributed by atoms with Crippen molar-refractivity contribution < 1.29 is 19.4 Å². The summed E-state index contributed by atoms with van der Waals surface area (Å²) in [5.74, 6) is -0.554. The molecule has 2 heterocycles. The molecule has 0 amide bonds. The quantitative estimate of drug-likeness (QED) is 0.316. The molecule has 0 aliphatic carbocycles. The number of Topliss-reactive ketones (excluding diaryl/α,β-unsaturated/α-hetero) is 1. The third-order valence-electron chi connectivity index (χ3n) is 7.39. The number of rotatable bonds is 7. The minimum atomic E-state index is -0.894. The molecule has 7 heteroatoms. The number of thioether (sulfide) groups is 1. The normalized spacial score (nSPS) is 20.8. The Bertz CT molecular complexity index is 1270. The first-order chi connectivity index (χ1) is 16.9. The molecule has 1 fully saturated rings. The fourth-order valence-corrected chi connectivity index (χ4v) is 6.32. The van der Waals surface area contributed by atoms with Crippen LogP contribution >= 0.6 is 11.8 Å². The van der Waals surface area contributed by atoms with Gasteiger partial charge in [0.25, 0.3) is 0 Å². The number of fused-ring (bicyclic) bond motifs is 1. The van der Waals surface area contributed by atoms with Gasteiger partial charge in [-0.05, 0) is 65.5 Å². The lowest BCUT2D eigenvalue weighted by Crippen LogP contribution is -2.52. The van der Waals surface area contributed by atoms with Crippen LogP contribution in [0.15, 0.2) is 41.4 Å². The average Bonchev–Trinajstić information content (AvgIpc) is 3.29. The predicted molar refractivity (Wildman–Crippen MR) is 143 cm³/mol. The molecular formula is C29H36N2O4S. The number of ketones is 1. The number of hydrogen-bond acceptors (Lipinski definition) is 6. The van der Waals surface area contributed by atoms with E-state index in [1.54, 1.807) is 0 Å². The zero-order valence-corrected chi connectivity index (χ0v) is 22.8. The van der Waals surface area contributed by atoms with Crippen molar-refractivity contribution in [1.29, 1.82) is 0 Å². The van der Waals surface area contributed by atoms with Crippen molar-refractivity contribution in [1.82, 2.24) is 10.2 Å². The van der Waals surface area contributed by atoms with Crippen LogP contribution in [-0.4, -0.2) is 37.9 Å². The van der Waals surface area contributed by atoms with Crippen LogP contribution in [0.2, 0.25) is 0 Å². The molecule has 1 aliphatic heterocycles. The number of ether oxygens (including phenoxy) is 1. The van der Waals surface area contributed by atoms with Gasteiger partial charge in [0, 0.05) is 16.7 Å². The second kappa shape index (κ2) is 10.0. The van der Waals surface area contributed by atoms with Crippen LogP contribution < -0.4 is 0 Å². The number of benzene rings is 2. The Balaban J connectivity index is 1.58. The van der Waals surface area contributed by atoms with Crippen LogP contribution in [0.4, 0.5) is 0 Å². The minimum Gasteiger partial charge on any atom is -0.457 e. The summed E-state index contributed by atoms with van der Waals surface area (Å²) in [6.45, 7) is 12.2. The summed E-state index contributed by atoms with van der Waals surface area (Å²) in [7, 11) is 0. The molecule has 2 N–H and O–H groups in total. The van der Waals surface area contributed by atoms with Gasteiger partial charge in [0.1, 0.15) is 5.60 Å². The summed E-state index contributed by atoms with van der Waals surface area (Å²) >= 11 is 1.28. The van der Waals surface area contributed by atoms with Gasteiger partial charge >= 0.3 is 5.97 Å². The molecule has 0 saturated carbocycles. The minimum absolute atomic E-state index is 0.00359. The van der Waals surface area contributed by atoms with Gasteiger partial charge in [-0.1, -0.05) is 52.8 Å². The number of H-pyrrole nitrogens is 1. The van der Waals surface area contributed by atoms with Crippen LogP contribution in [-0.2, 0) is 32.8 Å². The number of esters is 1. The number of hydrogen-bond donors (Lipinski definition) is 2. The smallest absolute Gasteiger partial charge is 0.327 e. The van der Waals surface area contributed by atoms with Gasteiger partial charge in [-0.25, -0.2) is 0 Å². The standard InChI is InChI=1S/C29H36N2O4S/c1-17(2)29(11-10-19-8-7-9-23-21(19)15-30-31-23)14-24(33)26(27(34)35-29)36-25-12-18(3)20(16-32)13-22(25)28(4,5)6/h7-9,12-13,15,17,26,32H,10-11,14,16H2,1-6H3,(H,30,31). The second-order valence-electron chi connectivity index (χ2n) is 11.2. The monoisotopic (exact) mass is 508 g/mol. The maximum absolute atomic E-state index is 13.5. The molecule has 0 spiro atoms. The highest BCUT2D eigenvalue weighted by Gasteiger charge is 2.49. The SMILES string of the molecule is Cc1cc(SC2C(=O)CC(CCc3cccc4[nH]ncc34)(C(C)C)OC2=O)c(C(C)(C)C)cc1CO. The summed E-state index contributed by atoms with van der Waals surface area (Å²) in [5.41, 5.74) is 3.85. The van der Waals surface area contributed by atoms with Crippen molar-refractivity contribution in [2.24, 2.45) is 5.92 Å². The maximum Gasteiger partial charge on any atom is 0.327 e. The molecule has 36 heavy (non-hydrogen) atoms. The Morgan fingerprint density at radius 1 is 1.22 bits per heavy atom. The molecule has 1 saturated heterocycles. The molecule has 3 aromatic rings. The number of carbonyl (C=O) groups is 2. The van der Waals surface area contributed by atoms with E-state index < -0.39 is 16.8 Å². The second-order valence-corrected chi connectivity index (χ2v) is 12.4. The number of aromatic nitrogens is 2. The highest BCUT2D eigenvalue weighted by molar-refractivity contribution is 8.01. The fourth-order valence-electron chi connectivity index (χ4n) is 4.97. The molecule has 2 atom stereocenters. The van der Waals surface area contributed by atoms with E-state index in [1.807, 2.05) is 51.2 Å². The van der Waals surface area contributed by atoms with Crippen LogP contribution in [0, 0.1) is 12.8 Å². The van der Waals surface area contributed by atoms with E-state index in [4.69, 9.17) is 4.74 Å². The Morgan fingerprint density at radius 3 is 2.61 bits per heavy atom. The Morgan fingerprint density at radius 2 is 1.97 bits per heavy atom. The molecule has 1 aromatic heterocycles. The third-order valence-corrected chi connectivity index (χ3v) is 8.67. The summed E-state index contributed by atoms with van der Waals surface area (Å²) in [6.07, 6.45) is 3.27. The van der Waals surface area contributed by atoms with Gasteiger partial charge < -0.3 is 9.84 Å². The molecule has 0 radical (unpaired) electrons. The Hall–Kier alpha value is -2.64. The average molecular weight is 509 g/mol. The van der Waals surface area contributed by atoms with E-state index in [9.17, 15) is 14.7 Å². The lowest BCUT2D eigenvalue weighted by molar-refractivity contribution is -0.176. The van der Waals surface area contributed by atoms with Crippen LogP contribution in [0.25, 0.3) is 10.9 Å². The first-order valence-corrected chi connectivity index (χ1v) is 13.4. The van der Waals surface area contributed by atoms with Gasteiger partial charge in [-0.2, -0.15) is 5.10 Å². The molecule has 192 valence electrons. The lowest BCUT2D eigenvalue weighted by atomic mass is 9.78. The number of nitrogens with zero attached hydrogens (tertiary/aromatic N) is 1. The fraction of sp³-hybridized carbons (Fsp3) is 0.483. The zero-order valence-electron chi connectivity index (χ0n) is 22.0. The van der Waals surface area contributed by atoms with Crippen LogP contribution in [0.1, 0.15) is 69.7 Å². The van der Waals surface area contributed by atoms with Gasteiger partial charge in [-0.15, -0.1) is 11.8 Å².